The Morgan fingerprint density at radius 2 is 1.75 bits per heavy atom. The van der Waals surface area contributed by atoms with E-state index in [4.69, 9.17) is 9.47 Å². The number of ether oxygens (including phenoxy) is 2. The van der Waals surface area contributed by atoms with Crippen molar-refractivity contribution in [2.75, 3.05) is 32.8 Å². The number of esters is 1. The van der Waals surface area contributed by atoms with Crippen molar-refractivity contribution in [2.45, 2.75) is 65.0 Å². The van der Waals surface area contributed by atoms with Gasteiger partial charge in [0, 0.05) is 25.7 Å². The second-order valence-corrected chi connectivity index (χ2v) is 7.78. The average molecular weight is 340 g/mol. The molecule has 2 saturated heterocycles. The predicted molar refractivity (Wildman–Crippen MR) is 91.8 cm³/mol. The molecule has 138 valence electrons. The summed E-state index contributed by atoms with van der Waals surface area (Å²) in [6.07, 6.45) is 3.62. The lowest BCUT2D eigenvalue weighted by Gasteiger charge is -2.41. The molecule has 0 spiro atoms. The first-order chi connectivity index (χ1) is 11.3. The van der Waals surface area contributed by atoms with E-state index in [0.29, 0.717) is 12.6 Å². The number of nitrogens with zero attached hydrogens (tertiary/aromatic N) is 2. The van der Waals surface area contributed by atoms with Crippen molar-refractivity contribution in [1.82, 2.24) is 9.80 Å². The Morgan fingerprint density at radius 1 is 1.08 bits per heavy atom. The Hall–Kier alpha value is -1.30. The summed E-state index contributed by atoms with van der Waals surface area (Å²) in [6, 6.07) is 0.445. The van der Waals surface area contributed by atoms with Crippen molar-refractivity contribution < 1.29 is 19.1 Å². The maximum absolute atomic E-state index is 12.1. The molecule has 1 amide bonds. The Morgan fingerprint density at radius 3 is 2.33 bits per heavy atom. The largest absolute Gasteiger partial charge is 0.466 e. The summed E-state index contributed by atoms with van der Waals surface area (Å²) in [5.41, 5.74) is -0.451. The number of piperidine rings is 2. The van der Waals surface area contributed by atoms with Crippen molar-refractivity contribution in [1.29, 1.82) is 0 Å². The number of hydrogen-bond donors (Lipinski definition) is 0. The fourth-order valence-electron chi connectivity index (χ4n) is 3.53. The van der Waals surface area contributed by atoms with E-state index >= 15 is 0 Å². The van der Waals surface area contributed by atoms with Crippen LogP contribution >= 0.6 is 0 Å². The van der Waals surface area contributed by atoms with Crippen LogP contribution in [0.15, 0.2) is 0 Å². The first kappa shape index (κ1) is 19.0. The number of hydrogen-bond acceptors (Lipinski definition) is 5. The molecule has 6 heteroatoms. The minimum absolute atomic E-state index is 0.00239. The zero-order chi connectivity index (χ0) is 17.7. The molecular formula is C18H32N2O4. The Bertz CT molecular complexity index is 439. The van der Waals surface area contributed by atoms with Gasteiger partial charge < -0.3 is 14.4 Å². The molecule has 0 aromatic heterocycles. The molecule has 0 N–H and O–H groups in total. The second-order valence-electron chi connectivity index (χ2n) is 7.78. The summed E-state index contributed by atoms with van der Waals surface area (Å²) in [5, 5.41) is 0. The lowest BCUT2D eigenvalue weighted by molar-refractivity contribution is -0.150. The van der Waals surface area contributed by atoms with Gasteiger partial charge in [0.2, 0.25) is 0 Å². The number of likely N-dealkylation sites (tertiary alicyclic amines) is 2. The van der Waals surface area contributed by atoms with Gasteiger partial charge in [0.15, 0.2) is 0 Å². The van der Waals surface area contributed by atoms with Gasteiger partial charge in [-0.1, -0.05) is 0 Å². The quantitative estimate of drug-likeness (QED) is 0.739. The second kappa shape index (κ2) is 8.19. The predicted octanol–water partition coefficient (Wildman–Crippen LogP) is 2.66. The fraction of sp³-hybridized carbons (Fsp3) is 0.889. The maximum atomic E-state index is 12.1. The van der Waals surface area contributed by atoms with E-state index in [1.54, 1.807) is 4.90 Å². The summed E-state index contributed by atoms with van der Waals surface area (Å²) in [7, 11) is 0. The minimum atomic E-state index is -0.451. The number of amides is 1. The van der Waals surface area contributed by atoms with Crippen molar-refractivity contribution in [3.05, 3.63) is 0 Å². The molecule has 1 unspecified atom stereocenters. The highest BCUT2D eigenvalue weighted by Crippen LogP contribution is 2.25. The third-order valence-electron chi connectivity index (χ3n) is 4.71. The van der Waals surface area contributed by atoms with Crippen LogP contribution in [0.5, 0.6) is 0 Å². The molecule has 0 bridgehead atoms. The highest BCUT2D eigenvalue weighted by atomic mass is 16.6. The summed E-state index contributed by atoms with van der Waals surface area (Å²) < 4.78 is 10.6. The Kier molecular flexibility index (Phi) is 6.49. The topological polar surface area (TPSA) is 59.1 Å². The van der Waals surface area contributed by atoms with Gasteiger partial charge in [-0.05, 0) is 59.9 Å². The number of rotatable bonds is 3. The smallest absolute Gasteiger partial charge is 0.410 e. The van der Waals surface area contributed by atoms with Gasteiger partial charge in [-0.2, -0.15) is 0 Å². The lowest BCUT2D eigenvalue weighted by Crippen LogP contribution is -2.51. The molecule has 2 fully saturated rings. The Balaban J connectivity index is 1.81. The van der Waals surface area contributed by atoms with E-state index in [2.05, 4.69) is 4.90 Å². The van der Waals surface area contributed by atoms with Crippen LogP contribution in [0.4, 0.5) is 4.79 Å². The van der Waals surface area contributed by atoms with E-state index in [9.17, 15) is 9.59 Å². The van der Waals surface area contributed by atoms with Crippen LogP contribution in [0.2, 0.25) is 0 Å². The van der Waals surface area contributed by atoms with Crippen LogP contribution in [0.1, 0.15) is 53.4 Å². The van der Waals surface area contributed by atoms with Crippen LogP contribution in [-0.2, 0) is 14.3 Å². The molecule has 6 nitrogen and oxygen atoms in total. The van der Waals surface area contributed by atoms with Crippen LogP contribution in [0.25, 0.3) is 0 Å². The van der Waals surface area contributed by atoms with Gasteiger partial charge >= 0.3 is 12.1 Å². The zero-order valence-corrected chi connectivity index (χ0v) is 15.5. The normalized spacial score (nSPS) is 23.8. The minimum Gasteiger partial charge on any atom is -0.466 e. The fourth-order valence-corrected chi connectivity index (χ4v) is 3.53. The molecule has 24 heavy (non-hydrogen) atoms. The highest BCUT2D eigenvalue weighted by Gasteiger charge is 2.33. The molecule has 0 aromatic rings. The van der Waals surface area contributed by atoms with E-state index < -0.39 is 5.60 Å². The molecule has 0 radical (unpaired) electrons. The molecule has 2 aliphatic heterocycles. The van der Waals surface area contributed by atoms with Crippen molar-refractivity contribution >= 4 is 12.1 Å². The van der Waals surface area contributed by atoms with Crippen LogP contribution in [0.3, 0.4) is 0 Å². The van der Waals surface area contributed by atoms with Crippen molar-refractivity contribution in [3.63, 3.8) is 0 Å². The summed E-state index contributed by atoms with van der Waals surface area (Å²) in [4.78, 5) is 28.3. The van der Waals surface area contributed by atoms with Gasteiger partial charge in [0.1, 0.15) is 5.60 Å². The number of carbonyl (C=O) groups is 2. The zero-order valence-electron chi connectivity index (χ0n) is 15.5. The molecule has 2 aliphatic rings. The molecule has 0 aromatic carbocycles. The standard InChI is InChI=1S/C18H32N2O4/c1-5-23-16(21)14-7-6-10-20(13-14)15-8-11-19(12-9-15)17(22)24-18(2,3)4/h14-15H,5-13H2,1-4H3. The molecule has 2 heterocycles. The lowest BCUT2D eigenvalue weighted by atomic mass is 9.94. The monoisotopic (exact) mass is 340 g/mol. The molecular weight excluding hydrogens is 308 g/mol. The van der Waals surface area contributed by atoms with E-state index in [1.807, 2.05) is 27.7 Å². The maximum Gasteiger partial charge on any atom is 0.410 e. The molecule has 1 atom stereocenters. The van der Waals surface area contributed by atoms with Gasteiger partial charge in [0.05, 0.1) is 12.5 Å². The molecule has 0 saturated carbocycles. The molecule has 2 rings (SSSR count). The summed E-state index contributed by atoms with van der Waals surface area (Å²) in [5.74, 6) is -0.0593. The molecule has 0 aliphatic carbocycles. The first-order valence-corrected chi connectivity index (χ1v) is 9.18. The van der Waals surface area contributed by atoms with Gasteiger partial charge in [-0.3, -0.25) is 9.69 Å². The Labute approximate surface area is 145 Å². The summed E-state index contributed by atoms with van der Waals surface area (Å²) >= 11 is 0. The van der Waals surface area contributed by atoms with Crippen LogP contribution in [0, 0.1) is 5.92 Å². The average Bonchev–Trinajstić information content (AvgIpc) is 2.54. The third kappa shape index (κ3) is 5.36. The van der Waals surface area contributed by atoms with Crippen LogP contribution in [-0.4, -0.2) is 66.3 Å². The SMILES string of the molecule is CCOC(=O)C1CCCN(C2CCN(C(=O)OC(C)(C)C)CC2)C1. The van der Waals surface area contributed by atoms with Crippen molar-refractivity contribution in [2.24, 2.45) is 5.92 Å². The van der Waals surface area contributed by atoms with Gasteiger partial charge in [-0.15, -0.1) is 0 Å². The van der Waals surface area contributed by atoms with Gasteiger partial charge in [0.25, 0.3) is 0 Å². The van der Waals surface area contributed by atoms with Gasteiger partial charge in [-0.25, -0.2) is 4.79 Å². The van der Waals surface area contributed by atoms with Crippen molar-refractivity contribution in [3.8, 4) is 0 Å². The van der Waals surface area contributed by atoms with E-state index in [1.165, 1.54) is 0 Å². The third-order valence-corrected chi connectivity index (χ3v) is 4.71. The van der Waals surface area contributed by atoms with E-state index in [0.717, 1.165) is 51.9 Å². The van der Waals surface area contributed by atoms with Crippen LogP contribution < -0.4 is 0 Å². The number of carbonyl (C=O) groups excluding carboxylic acids is 2. The van der Waals surface area contributed by atoms with E-state index in [-0.39, 0.29) is 18.0 Å². The first-order valence-electron chi connectivity index (χ1n) is 9.18. The summed E-state index contributed by atoms with van der Waals surface area (Å²) in [6.45, 7) is 11.2. The highest BCUT2D eigenvalue weighted by molar-refractivity contribution is 5.72.